The minimum absolute atomic E-state index is 0.00689. The third-order valence-corrected chi connectivity index (χ3v) is 3.75. The van der Waals surface area contributed by atoms with Crippen LogP contribution in [-0.4, -0.2) is 42.7 Å². The van der Waals surface area contributed by atoms with Crippen molar-refractivity contribution < 1.29 is 19.4 Å². The van der Waals surface area contributed by atoms with Crippen LogP contribution in [0.5, 0.6) is 0 Å². The first kappa shape index (κ1) is 18.4. The van der Waals surface area contributed by atoms with E-state index in [0.29, 0.717) is 25.8 Å². The predicted molar refractivity (Wildman–Crippen MR) is 81.9 cm³/mol. The Bertz CT molecular complexity index is 279. The second kappa shape index (κ2) is 11.0. The topological polar surface area (TPSA) is 67.8 Å². The van der Waals surface area contributed by atoms with Crippen LogP contribution in [0.1, 0.15) is 65.2 Å². The number of hydrogen-bond donors (Lipinski definition) is 2. The lowest BCUT2D eigenvalue weighted by Gasteiger charge is -2.28. The Morgan fingerprint density at radius 1 is 1.43 bits per heavy atom. The SMILES string of the molecule is CCCCNC(=O)C[C@@H](C[C@H](O)CC)OC1CCCCO1. The number of hydrogen-bond acceptors (Lipinski definition) is 4. The molecule has 5 nitrogen and oxygen atoms in total. The van der Waals surface area contributed by atoms with E-state index in [4.69, 9.17) is 9.47 Å². The van der Waals surface area contributed by atoms with Gasteiger partial charge in [0.25, 0.3) is 0 Å². The summed E-state index contributed by atoms with van der Waals surface area (Å²) in [5.74, 6) is -0.00689. The molecule has 1 heterocycles. The Labute approximate surface area is 128 Å². The number of unbranched alkanes of at least 4 members (excludes halogenated alkanes) is 1. The Balaban J connectivity index is 2.40. The molecule has 0 aromatic rings. The van der Waals surface area contributed by atoms with E-state index in [1.165, 1.54) is 0 Å². The Hall–Kier alpha value is -0.650. The third kappa shape index (κ3) is 8.39. The van der Waals surface area contributed by atoms with E-state index in [9.17, 15) is 9.90 Å². The first-order valence-corrected chi connectivity index (χ1v) is 8.37. The van der Waals surface area contributed by atoms with Gasteiger partial charge in [-0.15, -0.1) is 0 Å². The summed E-state index contributed by atoms with van der Waals surface area (Å²) in [4.78, 5) is 11.9. The highest BCUT2D eigenvalue weighted by Crippen LogP contribution is 2.19. The van der Waals surface area contributed by atoms with Crippen LogP contribution in [0.2, 0.25) is 0 Å². The van der Waals surface area contributed by atoms with Crippen LogP contribution >= 0.6 is 0 Å². The predicted octanol–water partition coefficient (Wildman–Crippen LogP) is 2.37. The summed E-state index contributed by atoms with van der Waals surface area (Å²) in [6, 6.07) is 0. The molecule has 1 saturated heterocycles. The van der Waals surface area contributed by atoms with Gasteiger partial charge in [0.15, 0.2) is 6.29 Å². The highest BCUT2D eigenvalue weighted by molar-refractivity contribution is 5.76. The molecule has 0 aliphatic carbocycles. The van der Waals surface area contributed by atoms with Crippen molar-refractivity contribution in [3.8, 4) is 0 Å². The molecule has 21 heavy (non-hydrogen) atoms. The quantitative estimate of drug-likeness (QED) is 0.608. The van der Waals surface area contributed by atoms with Crippen LogP contribution in [0.15, 0.2) is 0 Å². The molecule has 2 N–H and O–H groups in total. The number of rotatable bonds is 10. The van der Waals surface area contributed by atoms with Gasteiger partial charge in [0.2, 0.25) is 5.91 Å². The fourth-order valence-electron chi connectivity index (χ4n) is 2.37. The van der Waals surface area contributed by atoms with Crippen molar-refractivity contribution in [2.45, 2.75) is 83.7 Å². The Morgan fingerprint density at radius 3 is 2.86 bits per heavy atom. The Morgan fingerprint density at radius 2 is 2.24 bits per heavy atom. The third-order valence-electron chi connectivity index (χ3n) is 3.75. The molecule has 0 bridgehead atoms. The van der Waals surface area contributed by atoms with Crippen LogP contribution in [0.3, 0.4) is 0 Å². The van der Waals surface area contributed by atoms with Gasteiger partial charge in [-0.2, -0.15) is 0 Å². The minimum atomic E-state index is -0.429. The maximum Gasteiger partial charge on any atom is 0.222 e. The summed E-state index contributed by atoms with van der Waals surface area (Å²) in [6.45, 7) is 5.45. The van der Waals surface area contributed by atoms with Crippen molar-refractivity contribution >= 4 is 5.91 Å². The second-order valence-electron chi connectivity index (χ2n) is 5.76. The number of aliphatic hydroxyl groups is 1. The largest absolute Gasteiger partial charge is 0.393 e. The molecule has 0 aromatic heterocycles. The molecule has 1 aliphatic heterocycles. The molecule has 1 amide bonds. The molecule has 1 unspecified atom stereocenters. The highest BCUT2D eigenvalue weighted by Gasteiger charge is 2.23. The zero-order chi connectivity index (χ0) is 15.5. The summed E-state index contributed by atoms with van der Waals surface area (Å²) in [6.07, 6.45) is 5.60. The van der Waals surface area contributed by atoms with Crippen molar-refractivity contribution in [1.82, 2.24) is 5.32 Å². The van der Waals surface area contributed by atoms with E-state index in [1.807, 2.05) is 6.92 Å². The molecular formula is C16H31NO4. The molecule has 1 rings (SSSR count). The van der Waals surface area contributed by atoms with Gasteiger partial charge in [-0.1, -0.05) is 20.3 Å². The van der Waals surface area contributed by atoms with Gasteiger partial charge < -0.3 is 19.9 Å². The van der Waals surface area contributed by atoms with Crippen molar-refractivity contribution in [2.75, 3.05) is 13.2 Å². The maximum absolute atomic E-state index is 11.9. The van der Waals surface area contributed by atoms with E-state index in [2.05, 4.69) is 12.2 Å². The minimum Gasteiger partial charge on any atom is -0.393 e. The average molecular weight is 301 g/mol. The first-order chi connectivity index (χ1) is 10.2. The van der Waals surface area contributed by atoms with Crippen molar-refractivity contribution in [3.05, 3.63) is 0 Å². The number of carbonyl (C=O) groups is 1. The molecule has 124 valence electrons. The average Bonchev–Trinajstić information content (AvgIpc) is 2.48. The number of aliphatic hydroxyl groups excluding tert-OH is 1. The second-order valence-corrected chi connectivity index (χ2v) is 5.76. The highest BCUT2D eigenvalue weighted by atomic mass is 16.7. The maximum atomic E-state index is 11.9. The monoisotopic (exact) mass is 301 g/mol. The summed E-state index contributed by atoms with van der Waals surface area (Å²) in [7, 11) is 0. The Kier molecular flexibility index (Phi) is 9.63. The van der Waals surface area contributed by atoms with Crippen LogP contribution < -0.4 is 5.32 Å². The molecular weight excluding hydrogens is 270 g/mol. The van der Waals surface area contributed by atoms with Crippen LogP contribution in [0.25, 0.3) is 0 Å². The normalized spacial score (nSPS) is 21.8. The van der Waals surface area contributed by atoms with E-state index in [-0.39, 0.29) is 18.3 Å². The fraction of sp³-hybridized carbons (Fsp3) is 0.938. The molecule has 0 spiro atoms. The van der Waals surface area contributed by atoms with Crippen molar-refractivity contribution in [3.63, 3.8) is 0 Å². The number of nitrogens with one attached hydrogen (secondary N) is 1. The summed E-state index contributed by atoms with van der Waals surface area (Å²) in [5.41, 5.74) is 0. The van der Waals surface area contributed by atoms with Gasteiger partial charge in [-0.3, -0.25) is 4.79 Å². The lowest BCUT2D eigenvalue weighted by molar-refractivity contribution is -0.194. The van der Waals surface area contributed by atoms with Gasteiger partial charge in [-0.05, 0) is 32.1 Å². The zero-order valence-electron chi connectivity index (χ0n) is 13.5. The lowest BCUT2D eigenvalue weighted by atomic mass is 10.1. The van der Waals surface area contributed by atoms with Gasteiger partial charge >= 0.3 is 0 Å². The molecule has 0 radical (unpaired) electrons. The number of ether oxygens (including phenoxy) is 2. The van der Waals surface area contributed by atoms with Gasteiger partial charge in [0.1, 0.15) is 0 Å². The van der Waals surface area contributed by atoms with Crippen molar-refractivity contribution in [1.29, 1.82) is 0 Å². The molecule has 5 heteroatoms. The fourth-order valence-corrected chi connectivity index (χ4v) is 2.37. The van der Waals surface area contributed by atoms with E-state index < -0.39 is 6.10 Å². The lowest BCUT2D eigenvalue weighted by Crippen LogP contribution is -2.35. The molecule has 1 fully saturated rings. The first-order valence-electron chi connectivity index (χ1n) is 8.37. The van der Waals surface area contributed by atoms with E-state index in [0.717, 1.165) is 38.7 Å². The molecule has 0 saturated carbocycles. The molecule has 1 aliphatic rings. The molecule has 0 aromatic carbocycles. The summed E-state index contributed by atoms with van der Waals surface area (Å²) in [5, 5.41) is 12.7. The van der Waals surface area contributed by atoms with E-state index >= 15 is 0 Å². The van der Waals surface area contributed by atoms with Crippen molar-refractivity contribution in [2.24, 2.45) is 0 Å². The van der Waals surface area contributed by atoms with Gasteiger partial charge in [-0.25, -0.2) is 0 Å². The smallest absolute Gasteiger partial charge is 0.222 e. The van der Waals surface area contributed by atoms with E-state index in [1.54, 1.807) is 0 Å². The molecule has 3 atom stereocenters. The van der Waals surface area contributed by atoms with Gasteiger partial charge in [0.05, 0.1) is 18.6 Å². The standard InChI is InChI=1S/C16H31NO4/c1-3-5-9-17-15(19)12-14(11-13(18)4-2)21-16-8-6-7-10-20-16/h13-14,16,18H,3-12H2,1-2H3,(H,17,19)/t13-,14-,16?/m1/s1. The zero-order valence-corrected chi connectivity index (χ0v) is 13.5. The number of amides is 1. The summed E-state index contributed by atoms with van der Waals surface area (Å²) < 4.78 is 11.5. The van der Waals surface area contributed by atoms with Crippen LogP contribution in [0.4, 0.5) is 0 Å². The summed E-state index contributed by atoms with van der Waals surface area (Å²) >= 11 is 0. The number of carbonyl (C=O) groups excluding carboxylic acids is 1. The van der Waals surface area contributed by atoms with Crippen LogP contribution in [-0.2, 0) is 14.3 Å². The van der Waals surface area contributed by atoms with Gasteiger partial charge in [0, 0.05) is 19.6 Å². The van der Waals surface area contributed by atoms with Crippen LogP contribution in [0, 0.1) is 0 Å².